The molecule has 0 radical (unpaired) electrons. The van der Waals surface area contributed by atoms with Gasteiger partial charge in [-0.15, -0.1) is 0 Å². The Bertz CT molecular complexity index is 855. The fourth-order valence-corrected chi connectivity index (χ4v) is 5.67. The minimum absolute atomic E-state index is 0.172. The van der Waals surface area contributed by atoms with Gasteiger partial charge in [0, 0.05) is 16.5 Å². The maximum atomic E-state index is 9.86. The van der Waals surface area contributed by atoms with Gasteiger partial charge in [0.15, 0.2) is 11.5 Å². The van der Waals surface area contributed by atoms with Crippen LogP contribution in [0.1, 0.15) is 22.3 Å². The molecule has 0 amide bonds. The highest BCUT2D eigenvalue weighted by Gasteiger charge is 2.24. The molecule has 0 unspecified atom stereocenters. The number of aliphatic hydroxyl groups is 2. The lowest BCUT2D eigenvalue weighted by molar-refractivity contribution is 0.268. The molecule has 0 spiro atoms. The van der Waals surface area contributed by atoms with E-state index in [4.69, 9.17) is 14.2 Å². The molecule has 2 aromatic rings. The highest BCUT2D eigenvalue weighted by molar-refractivity contribution is 9.13. The largest absolute Gasteiger partial charge is 0.495 e. The minimum atomic E-state index is -0.190. The highest BCUT2D eigenvalue weighted by atomic mass is 79.9. The van der Waals surface area contributed by atoms with Crippen molar-refractivity contribution >= 4 is 63.7 Å². The summed E-state index contributed by atoms with van der Waals surface area (Å²) in [4.78, 5) is 0. The van der Waals surface area contributed by atoms with E-state index in [-0.39, 0.29) is 13.2 Å². The van der Waals surface area contributed by atoms with E-state index in [0.29, 0.717) is 39.3 Å². The van der Waals surface area contributed by atoms with Gasteiger partial charge in [-0.1, -0.05) is 0 Å². The number of ether oxygens (including phenoxy) is 3. The zero-order chi connectivity index (χ0) is 20.3. The van der Waals surface area contributed by atoms with E-state index in [9.17, 15) is 10.2 Å². The smallest absolute Gasteiger partial charge is 0.177 e. The first-order chi connectivity index (χ1) is 12.9. The molecular formula is C18H18Br4O5. The molecule has 2 N–H and O–H groups in total. The molecule has 0 saturated heterocycles. The summed E-state index contributed by atoms with van der Waals surface area (Å²) in [6.45, 7) is -0.362. The van der Waals surface area contributed by atoms with Crippen LogP contribution in [-0.4, -0.2) is 31.5 Å². The Morgan fingerprint density at radius 1 is 0.667 bits per heavy atom. The van der Waals surface area contributed by atoms with E-state index in [1.807, 2.05) is 0 Å². The standard InChI is InChI=1S/C18H18Br4O5/c1-25-16-9(7-24)4-8(6-23)10(13(16)20)5-11-12(19)15(22)18(27-3)17(26-2)14(11)21/h4,23-24H,5-7H2,1-3H3. The molecule has 2 aromatic carbocycles. The molecule has 0 fully saturated rings. The number of aliphatic hydroxyl groups excluding tert-OH is 2. The second kappa shape index (κ2) is 9.93. The molecule has 0 saturated carbocycles. The van der Waals surface area contributed by atoms with E-state index in [0.717, 1.165) is 24.5 Å². The van der Waals surface area contributed by atoms with Gasteiger partial charge in [0.25, 0.3) is 0 Å². The van der Waals surface area contributed by atoms with E-state index in [1.54, 1.807) is 27.4 Å². The molecule has 0 aliphatic rings. The lowest BCUT2D eigenvalue weighted by Gasteiger charge is -2.21. The second-order valence-electron chi connectivity index (χ2n) is 5.50. The zero-order valence-electron chi connectivity index (χ0n) is 14.8. The number of halogens is 4. The van der Waals surface area contributed by atoms with E-state index in [2.05, 4.69) is 63.7 Å². The minimum Gasteiger partial charge on any atom is -0.495 e. The summed E-state index contributed by atoms with van der Waals surface area (Å²) in [5.41, 5.74) is 3.03. The molecule has 0 aliphatic carbocycles. The Kier molecular flexibility index (Phi) is 8.45. The topological polar surface area (TPSA) is 68.2 Å². The Morgan fingerprint density at radius 3 is 1.63 bits per heavy atom. The molecule has 148 valence electrons. The van der Waals surface area contributed by atoms with E-state index in [1.165, 1.54) is 0 Å². The predicted octanol–water partition coefficient (Wildman–Crippen LogP) is 5.34. The summed E-state index contributed by atoms with van der Waals surface area (Å²) in [6, 6.07) is 1.75. The fraction of sp³-hybridized carbons (Fsp3) is 0.333. The SMILES string of the molecule is COc1c(CO)cc(CO)c(Cc2c(Br)c(Br)c(OC)c(OC)c2Br)c1Br. The van der Waals surface area contributed by atoms with E-state index < -0.39 is 0 Å². The van der Waals surface area contributed by atoms with Crippen LogP contribution in [0.2, 0.25) is 0 Å². The molecule has 0 bridgehead atoms. The van der Waals surface area contributed by atoms with Crippen LogP contribution in [0.3, 0.4) is 0 Å². The lowest BCUT2D eigenvalue weighted by Crippen LogP contribution is -2.05. The molecule has 0 aliphatic heterocycles. The van der Waals surface area contributed by atoms with Crippen molar-refractivity contribution in [2.75, 3.05) is 21.3 Å². The normalized spacial score (nSPS) is 10.9. The molecule has 27 heavy (non-hydrogen) atoms. The van der Waals surface area contributed by atoms with Gasteiger partial charge in [-0.25, -0.2) is 0 Å². The summed E-state index contributed by atoms with van der Waals surface area (Å²) >= 11 is 14.3. The molecule has 0 atom stereocenters. The van der Waals surface area contributed by atoms with Crippen LogP contribution >= 0.6 is 63.7 Å². The lowest BCUT2D eigenvalue weighted by atomic mass is 9.97. The van der Waals surface area contributed by atoms with E-state index >= 15 is 0 Å². The Labute approximate surface area is 191 Å². The predicted molar refractivity (Wildman–Crippen MR) is 118 cm³/mol. The van der Waals surface area contributed by atoms with Crippen molar-refractivity contribution < 1.29 is 24.4 Å². The van der Waals surface area contributed by atoms with Crippen molar-refractivity contribution in [3.8, 4) is 17.2 Å². The molecular weight excluding hydrogens is 616 g/mol. The summed E-state index contributed by atoms with van der Waals surface area (Å²) < 4.78 is 19.3. The van der Waals surface area contributed by atoms with Crippen LogP contribution in [0.25, 0.3) is 0 Å². The quantitative estimate of drug-likeness (QED) is 0.403. The number of methoxy groups -OCH3 is 3. The van der Waals surface area contributed by atoms with Gasteiger partial charge < -0.3 is 24.4 Å². The molecule has 0 heterocycles. The van der Waals surface area contributed by atoms with Crippen LogP contribution in [0.5, 0.6) is 17.2 Å². The first-order valence-corrected chi connectivity index (χ1v) is 10.9. The van der Waals surface area contributed by atoms with Crippen LogP contribution in [0.15, 0.2) is 24.0 Å². The first-order valence-electron chi connectivity index (χ1n) is 7.72. The van der Waals surface area contributed by atoms with Crippen molar-refractivity contribution in [3.05, 3.63) is 46.2 Å². The maximum Gasteiger partial charge on any atom is 0.177 e. The van der Waals surface area contributed by atoms with Gasteiger partial charge in [-0.3, -0.25) is 0 Å². The fourth-order valence-electron chi connectivity index (χ4n) is 2.81. The maximum absolute atomic E-state index is 9.86. The summed E-state index contributed by atoms with van der Waals surface area (Å²) in [5.74, 6) is 1.66. The first kappa shape index (κ1) is 23.0. The molecule has 5 nitrogen and oxygen atoms in total. The van der Waals surface area contributed by atoms with Crippen LogP contribution in [-0.2, 0) is 19.6 Å². The average Bonchev–Trinajstić information content (AvgIpc) is 2.67. The van der Waals surface area contributed by atoms with Crippen LogP contribution in [0, 0.1) is 0 Å². The Balaban J connectivity index is 2.72. The number of benzene rings is 2. The van der Waals surface area contributed by atoms with Crippen molar-refractivity contribution in [2.24, 2.45) is 0 Å². The third kappa shape index (κ3) is 4.33. The molecule has 2 rings (SSSR count). The third-order valence-corrected chi connectivity index (χ3v) is 7.97. The number of rotatable bonds is 7. The molecule has 0 aromatic heterocycles. The number of hydrogen-bond donors (Lipinski definition) is 2. The van der Waals surface area contributed by atoms with Crippen LogP contribution in [0.4, 0.5) is 0 Å². The summed E-state index contributed by atoms with van der Waals surface area (Å²) in [7, 11) is 4.68. The summed E-state index contributed by atoms with van der Waals surface area (Å²) in [5, 5.41) is 19.5. The van der Waals surface area contributed by atoms with Crippen molar-refractivity contribution in [2.45, 2.75) is 19.6 Å². The van der Waals surface area contributed by atoms with Gasteiger partial charge in [-0.05, 0) is 86.5 Å². The monoisotopic (exact) mass is 630 g/mol. The van der Waals surface area contributed by atoms with Gasteiger partial charge in [0.05, 0.1) is 48.0 Å². The Hall–Kier alpha value is -0.320. The highest BCUT2D eigenvalue weighted by Crippen LogP contribution is 2.49. The second-order valence-corrected chi connectivity index (χ2v) is 8.67. The number of hydrogen-bond acceptors (Lipinski definition) is 5. The van der Waals surface area contributed by atoms with Crippen molar-refractivity contribution in [3.63, 3.8) is 0 Å². The Morgan fingerprint density at radius 2 is 1.15 bits per heavy atom. The zero-order valence-corrected chi connectivity index (χ0v) is 21.2. The van der Waals surface area contributed by atoms with Crippen molar-refractivity contribution in [1.29, 1.82) is 0 Å². The van der Waals surface area contributed by atoms with Gasteiger partial charge in [0.2, 0.25) is 0 Å². The van der Waals surface area contributed by atoms with Gasteiger partial charge >= 0.3 is 0 Å². The van der Waals surface area contributed by atoms with Gasteiger partial charge in [-0.2, -0.15) is 0 Å². The molecule has 9 heteroatoms. The van der Waals surface area contributed by atoms with Gasteiger partial charge in [0.1, 0.15) is 5.75 Å². The van der Waals surface area contributed by atoms with Crippen molar-refractivity contribution in [1.82, 2.24) is 0 Å². The summed E-state index contributed by atoms with van der Waals surface area (Å²) in [6.07, 6.45) is 0.457. The average molecular weight is 634 g/mol. The van der Waals surface area contributed by atoms with Crippen LogP contribution < -0.4 is 14.2 Å². The third-order valence-electron chi connectivity index (χ3n) is 4.13.